The molecular weight excluding hydrogens is 418 g/mol. The zero-order valence-electron chi connectivity index (χ0n) is 20.4. The van der Waals surface area contributed by atoms with E-state index in [0.29, 0.717) is 37.3 Å². The van der Waals surface area contributed by atoms with E-state index < -0.39 is 0 Å². The number of fused-ring (bicyclic) bond motifs is 1. The summed E-state index contributed by atoms with van der Waals surface area (Å²) in [6, 6.07) is 5.79. The Kier molecular flexibility index (Phi) is 8.57. The van der Waals surface area contributed by atoms with Gasteiger partial charge in [-0.3, -0.25) is 9.80 Å². The fourth-order valence-corrected chi connectivity index (χ4v) is 3.99. The zero-order chi connectivity index (χ0) is 24.0. The summed E-state index contributed by atoms with van der Waals surface area (Å²) in [4.78, 5) is 18.8. The van der Waals surface area contributed by atoms with E-state index in [-0.39, 0.29) is 5.91 Å². The van der Waals surface area contributed by atoms with Gasteiger partial charge < -0.3 is 25.3 Å². The number of nitrogens with one attached hydrogen (secondary N) is 2. The molecule has 0 bridgehead atoms. The van der Waals surface area contributed by atoms with Crippen LogP contribution < -0.4 is 16.5 Å². The normalized spacial score (nSPS) is 14.5. The lowest BCUT2D eigenvalue weighted by atomic mass is 9.97. The van der Waals surface area contributed by atoms with Crippen LogP contribution in [0.25, 0.3) is 11.0 Å². The second-order valence-electron chi connectivity index (χ2n) is 9.15. The number of nitrogen functional groups attached to an aromatic ring is 1. The SMILES string of the molecule is C=C(OCCC[C@H](Cn1c(N)nc2ccc(NC(=O)CCN(C)C)cc21)C1CC1)N(C)NC. The van der Waals surface area contributed by atoms with Crippen molar-refractivity contribution >= 4 is 28.6 Å². The molecule has 3 rings (SSSR count). The highest BCUT2D eigenvalue weighted by atomic mass is 16.5. The molecule has 33 heavy (non-hydrogen) atoms. The van der Waals surface area contributed by atoms with Gasteiger partial charge in [0, 0.05) is 39.3 Å². The number of aromatic nitrogens is 2. The summed E-state index contributed by atoms with van der Waals surface area (Å²) in [6.45, 7) is 6.10. The van der Waals surface area contributed by atoms with Crippen molar-refractivity contribution in [1.82, 2.24) is 24.9 Å². The maximum absolute atomic E-state index is 12.3. The van der Waals surface area contributed by atoms with Crippen LogP contribution in [0, 0.1) is 11.8 Å². The minimum Gasteiger partial charge on any atom is -0.479 e. The third-order valence-electron chi connectivity index (χ3n) is 6.25. The Morgan fingerprint density at radius 2 is 2.12 bits per heavy atom. The van der Waals surface area contributed by atoms with Crippen LogP contribution in [0.4, 0.5) is 11.6 Å². The Bertz CT molecular complexity index is 952. The second-order valence-corrected chi connectivity index (χ2v) is 9.15. The van der Waals surface area contributed by atoms with E-state index >= 15 is 0 Å². The Hall–Kier alpha value is -2.78. The third kappa shape index (κ3) is 7.10. The lowest BCUT2D eigenvalue weighted by Gasteiger charge is -2.21. The molecule has 1 heterocycles. The van der Waals surface area contributed by atoms with Crippen molar-refractivity contribution in [2.45, 2.75) is 38.6 Å². The summed E-state index contributed by atoms with van der Waals surface area (Å²) in [5, 5.41) is 4.76. The van der Waals surface area contributed by atoms with Crippen molar-refractivity contribution in [3.05, 3.63) is 30.7 Å². The van der Waals surface area contributed by atoms with Crippen LogP contribution in [0.1, 0.15) is 32.1 Å². The van der Waals surface area contributed by atoms with Gasteiger partial charge in [0.1, 0.15) is 0 Å². The number of anilines is 2. The van der Waals surface area contributed by atoms with Crippen LogP contribution in [0.3, 0.4) is 0 Å². The molecule has 1 saturated carbocycles. The largest absolute Gasteiger partial charge is 0.479 e. The Balaban J connectivity index is 1.64. The maximum Gasteiger partial charge on any atom is 0.225 e. The van der Waals surface area contributed by atoms with E-state index in [1.54, 1.807) is 5.01 Å². The number of rotatable bonds is 14. The summed E-state index contributed by atoms with van der Waals surface area (Å²) in [7, 11) is 7.62. The van der Waals surface area contributed by atoms with Crippen LogP contribution in [-0.4, -0.2) is 66.7 Å². The molecule has 1 aliphatic carbocycles. The molecule has 1 fully saturated rings. The molecule has 9 heteroatoms. The zero-order valence-corrected chi connectivity index (χ0v) is 20.4. The lowest BCUT2D eigenvalue weighted by molar-refractivity contribution is -0.116. The molecule has 2 aromatic rings. The van der Waals surface area contributed by atoms with Gasteiger partial charge in [-0.25, -0.2) is 10.4 Å². The third-order valence-corrected chi connectivity index (χ3v) is 6.25. The first kappa shape index (κ1) is 24.9. The van der Waals surface area contributed by atoms with Gasteiger partial charge in [-0.1, -0.05) is 0 Å². The number of nitrogens with zero attached hydrogens (tertiary/aromatic N) is 4. The summed E-state index contributed by atoms with van der Waals surface area (Å²) in [6.07, 6.45) is 4.99. The van der Waals surface area contributed by atoms with Gasteiger partial charge in [0.2, 0.25) is 11.9 Å². The number of carbonyl (C=O) groups is 1. The van der Waals surface area contributed by atoms with Gasteiger partial charge >= 0.3 is 0 Å². The van der Waals surface area contributed by atoms with Gasteiger partial charge in [0.05, 0.1) is 17.6 Å². The summed E-state index contributed by atoms with van der Waals surface area (Å²) >= 11 is 0. The Morgan fingerprint density at radius 3 is 2.79 bits per heavy atom. The van der Waals surface area contributed by atoms with Gasteiger partial charge in [-0.05, 0) is 76.4 Å². The van der Waals surface area contributed by atoms with Crippen LogP contribution >= 0.6 is 0 Å². The van der Waals surface area contributed by atoms with Crippen LogP contribution in [-0.2, 0) is 16.1 Å². The molecule has 0 aliphatic heterocycles. The molecule has 1 amide bonds. The van der Waals surface area contributed by atoms with Gasteiger partial charge in [0.15, 0.2) is 5.88 Å². The minimum atomic E-state index is 0.00319. The number of ether oxygens (including phenoxy) is 1. The number of hydrogen-bond acceptors (Lipinski definition) is 7. The molecule has 0 spiro atoms. The molecular formula is C24H39N7O2. The fourth-order valence-electron chi connectivity index (χ4n) is 3.99. The highest BCUT2D eigenvalue weighted by Crippen LogP contribution is 2.41. The van der Waals surface area contributed by atoms with E-state index in [1.165, 1.54) is 12.8 Å². The lowest BCUT2D eigenvalue weighted by Crippen LogP contribution is -2.30. The smallest absolute Gasteiger partial charge is 0.225 e. The quantitative estimate of drug-likeness (QED) is 0.228. The van der Waals surface area contributed by atoms with E-state index in [1.807, 2.05) is 51.3 Å². The highest BCUT2D eigenvalue weighted by Gasteiger charge is 2.31. The molecule has 4 N–H and O–H groups in total. The van der Waals surface area contributed by atoms with Crippen molar-refractivity contribution in [1.29, 1.82) is 0 Å². The highest BCUT2D eigenvalue weighted by molar-refractivity contribution is 5.93. The van der Waals surface area contributed by atoms with Crippen molar-refractivity contribution in [3.63, 3.8) is 0 Å². The van der Waals surface area contributed by atoms with Crippen molar-refractivity contribution < 1.29 is 9.53 Å². The molecule has 1 aromatic heterocycles. The second kappa shape index (κ2) is 11.4. The molecule has 9 nitrogen and oxygen atoms in total. The van der Waals surface area contributed by atoms with Gasteiger partial charge in [-0.15, -0.1) is 0 Å². The number of hydrogen-bond donors (Lipinski definition) is 3. The fraction of sp³-hybridized carbons (Fsp3) is 0.583. The molecule has 0 saturated heterocycles. The average molecular weight is 458 g/mol. The molecule has 1 atom stereocenters. The molecule has 182 valence electrons. The summed E-state index contributed by atoms with van der Waals surface area (Å²) in [5.41, 5.74) is 11.9. The predicted molar refractivity (Wildman–Crippen MR) is 133 cm³/mol. The first-order valence-corrected chi connectivity index (χ1v) is 11.7. The van der Waals surface area contributed by atoms with E-state index in [0.717, 1.165) is 42.0 Å². The number of amides is 1. The van der Waals surface area contributed by atoms with Crippen LogP contribution in [0.5, 0.6) is 0 Å². The topological polar surface area (TPSA) is 101 Å². The van der Waals surface area contributed by atoms with E-state index in [2.05, 4.69) is 26.9 Å². The number of imidazole rings is 1. The number of benzene rings is 1. The average Bonchev–Trinajstić information content (AvgIpc) is 3.58. The summed E-state index contributed by atoms with van der Waals surface area (Å²) < 4.78 is 7.84. The van der Waals surface area contributed by atoms with Crippen LogP contribution in [0.15, 0.2) is 30.7 Å². The standard InChI is InChI=1S/C24H39N7O2/c1-17(30(5)26-2)33-14-6-7-19(18-8-9-18)16-31-22-15-20(10-11-21(22)28-24(31)25)27-23(32)12-13-29(3)4/h10-11,15,18-19,26H,1,6-9,12-14,16H2,2-5H3,(H2,25,28)(H,27,32)/t19-/m1/s1. The van der Waals surface area contributed by atoms with Crippen molar-refractivity contribution in [3.8, 4) is 0 Å². The molecule has 1 aliphatic rings. The van der Waals surface area contributed by atoms with Gasteiger partial charge in [-0.2, -0.15) is 0 Å². The predicted octanol–water partition coefficient (Wildman–Crippen LogP) is 2.87. The number of hydrazine groups is 1. The van der Waals surface area contributed by atoms with Crippen molar-refractivity contribution in [2.24, 2.45) is 11.8 Å². The number of carbonyl (C=O) groups excluding carboxylic acids is 1. The first-order chi connectivity index (χ1) is 15.8. The molecule has 0 radical (unpaired) electrons. The first-order valence-electron chi connectivity index (χ1n) is 11.7. The Morgan fingerprint density at radius 1 is 1.36 bits per heavy atom. The minimum absolute atomic E-state index is 0.00319. The maximum atomic E-state index is 12.3. The van der Waals surface area contributed by atoms with Crippen molar-refractivity contribution in [2.75, 3.05) is 52.4 Å². The Labute approximate surface area is 196 Å². The van der Waals surface area contributed by atoms with E-state index in [9.17, 15) is 4.79 Å². The van der Waals surface area contributed by atoms with Gasteiger partial charge in [0.25, 0.3) is 0 Å². The number of nitrogens with two attached hydrogens (primary N) is 1. The molecule has 1 aromatic carbocycles. The molecule has 0 unspecified atom stereocenters. The monoisotopic (exact) mass is 457 g/mol. The summed E-state index contributed by atoms with van der Waals surface area (Å²) in [5.74, 6) is 2.38. The van der Waals surface area contributed by atoms with Crippen LogP contribution in [0.2, 0.25) is 0 Å². The van der Waals surface area contributed by atoms with E-state index in [4.69, 9.17) is 10.5 Å².